The van der Waals surface area contributed by atoms with Crippen molar-refractivity contribution in [3.8, 4) is 5.75 Å². The van der Waals surface area contributed by atoms with Gasteiger partial charge in [0.1, 0.15) is 12.4 Å². The molecular formula is C37H52ClN3O6S. The van der Waals surface area contributed by atoms with Crippen molar-refractivity contribution in [2.75, 3.05) is 57.4 Å². The van der Waals surface area contributed by atoms with Crippen molar-refractivity contribution in [1.29, 1.82) is 0 Å². The van der Waals surface area contributed by atoms with E-state index in [0.29, 0.717) is 54.4 Å². The van der Waals surface area contributed by atoms with Gasteiger partial charge in [-0.2, -0.15) is 0 Å². The normalized spacial score (nSPS) is 30.4. The molecule has 3 heterocycles. The second-order valence-corrected chi connectivity index (χ2v) is 17.2. The first kappa shape index (κ1) is 35.5. The molecule has 5 atom stereocenters. The van der Waals surface area contributed by atoms with Gasteiger partial charge in [-0.05, 0) is 111 Å². The standard InChI is InChI=1S/C37H52ClN3O6S/c1-26-6-5-14-37(25-42,24-40-16-18-46-19-17-40)33-12-9-30(33)22-41-15-4-3-7-28-20-32(38)11-8-31(28)23-47-35-13-10-29(21-34(35)41)36(43)39-48(44,45)27(26)2/h8,10-11,13,20-21,26-27,30,33,42H,3-7,9,12,14-19,22-25H2,1-2H3,(H,39,43)/t26-,27+,30-,33+,37+/m0/s1. The molecule has 2 bridgehead atoms. The first-order valence-electron chi connectivity index (χ1n) is 17.8. The van der Waals surface area contributed by atoms with E-state index in [2.05, 4.69) is 14.5 Å². The Morgan fingerprint density at radius 1 is 1.00 bits per heavy atom. The molecule has 3 aliphatic heterocycles. The van der Waals surface area contributed by atoms with Crippen molar-refractivity contribution >= 4 is 33.2 Å². The molecule has 0 spiro atoms. The number of aryl methyl sites for hydroxylation is 1. The predicted octanol–water partition coefficient (Wildman–Crippen LogP) is 5.67. The summed E-state index contributed by atoms with van der Waals surface area (Å²) in [5.41, 5.74) is 3.08. The highest BCUT2D eigenvalue weighted by atomic mass is 35.5. The molecule has 1 aliphatic carbocycles. The highest BCUT2D eigenvalue weighted by Gasteiger charge is 2.48. The van der Waals surface area contributed by atoms with E-state index in [0.717, 1.165) is 88.9 Å². The minimum absolute atomic E-state index is 0.106. The molecule has 264 valence electrons. The molecule has 2 aromatic rings. The number of sulfonamides is 1. The van der Waals surface area contributed by atoms with Crippen LogP contribution in [0, 0.1) is 23.2 Å². The minimum Gasteiger partial charge on any atom is -0.487 e. The maximum Gasteiger partial charge on any atom is 0.264 e. The zero-order valence-corrected chi connectivity index (χ0v) is 30.0. The van der Waals surface area contributed by atoms with Crippen molar-refractivity contribution < 1.29 is 27.8 Å². The van der Waals surface area contributed by atoms with E-state index in [1.165, 1.54) is 5.56 Å². The molecule has 2 N–H and O–H groups in total. The molecule has 1 saturated heterocycles. The van der Waals surface area contributed by atoms with Gasteiger partial charge in [-0.1, -0.05) is 31.0 Å². The third-order valence-corrected chi connectivity index (χ3v) is 13.9. The molecule has 1 amide bonds. The quantitative estimate of drug-likeness (QED) is 0.422. The smallest absolute Gasteiger partial charge is 0.264 e. The molecule has 0 unspecified atom stereocenters. The SMILES string of the molecule is C[C@@H]1[C@@H](C)CCC[C@](CO)(CN2CCOCC2)[C@@H]2CC[C@H]2CN2CCCCc3cc(Cl)ccc3COc3ccc(cc32)C(=O)NS1(=O)=O. The number of rotatable bonds is 3. The third kappa shape index (κ3) is 7.83. The Bertz CT molecular complexity index is 1550. The second kappa shape index (κ2) is 15.3. The highest BCUT2D eigenvalue weighted by Crippen LogP contribution is 2.51. The number of amides is 1. The summed E-state index contributed by atoms with van der Waals surface area (Å²) in [6, 6.07) is 11.2. The van der Waals surface area contributed by atoms with Crippen LogP contribution in [0.3, 0.4) is 0 Å². The van der Waals surface area contributed by atoms with Gasteiger partial charge >= 0.3 is 0 Å². The lowest BCUT2D eigenvalue weighted by molar-refractivity contribution is -0.0696. The van der Waals surface area contributed by atoms with Gasteiger partial charge in [0.2, 0.25) is 10.0 Å². The van der Waals surface area contributed by atoms with Crippen molar-refractivity contribution in [3.63, 3.8) is 0 Å². The number of halogens is 1. The minimum atomic E-state index is -3.93. The highest BCUT2D eigenvalue weighted by molar-refractivity contribution is 7.90. The summed E-state index contributed by atoms with van der Waals surface area (Å²) >= 11 is 6.37. The lowest BCUT2D eigenvalue weighted by atomic mass is 9.57. The molecule has 0 aromatic heterocycles. The Balaban J connectivity index is 1.39. The fraction of sp³-hybridized carbons (Fsp3) is 0.649. The second-order valence-electron chi connectivity index (χ2n) is 14.7. The number of anilines is 1. The van der Waals surface area contributed by atoms with Crippen LogP contribution in [0.25, 0.3) is 0 Å². The molecule has 9 nitrogen and oxygen atoms in total. The van der Waals surface area contributed by atoms with Gasteiger partial charge in [0, 0.05) is 48.7 Å². The molecule has 6 rings (SSSR count). The lowest BCUT2D eigenvalue weighted by Crippen LogP contribution is -2.54. The van der Waals surface area contributed by atoms with Crippen LogP contribution in [-0.4, -0.2) is 82.1 Å². The number of aliphatic hydroxyl groups excluding tert-OH is 1. The van der Waals surface area contributed by atoms with E-state index in [1.54, 1.807) is 19.1 Å². The fourth-order valence-corrected chi connectivity index (χ4v) is 9.89. The van der Waals surface area contributed by atoms with E-state index in [-0.39, 0.29) is 17.9 Å². The van der Waals surface area contributed by atoms with E-state index in [1.807, 2.05) is 31.2 Å². The number of nitrogens with one attached hydrogen (secondary N) is 1. The summed E-state index contributed by atoms with van der Waals surface area (Å²) in [5.74, 6) is 0.584. The maximum atomic E-state index is 13.5. The van der Waals surface area contributed by atoms with E-state index in [4.69, 9.17) is 21.1 Å². The third-order valence-electron chi connectivity index (χ3n) is 11.7. The topological polar surface area (TPSA) is 108 Å². The molecule has 4 aliphatic rings. The molecule has 11 heteroatoms. The predicted molar refractivity (Wildman–Crippen MR) is 189 cm³/mol. The van der Waals surface area contributed by atoms with Crippen LogP contribution in [-0.2, 0) is 27.8 Å². The summed E-state index contributed by atoms with van der Waals surface area (Å²) < 4.78 is 41.5. The lowest BCUT2D eigenvalue weighted by Gasteiger charge is -2.53. The number of fused-ring (bicyclic) bond motifs is 3. The molecule has 2 aromatic carbocycles. The zero-order valence-electron chi connectivity index (χ0n) is 28.5. The number of hydrogen-bond acceptors (Lipinski definition) is 8. The average molecular weight is 702 g/mol. The summed E-state index contributed by atoms with van der Waals surface area (Å²) in [6.07, 6.45) is 7.29. The monoisotopic (exact) mass is 701 g/mol. The maximum absolute atomic E-state index is 13.5. The van der Waals surface area contributed by atoms with Gasteiger partial charge in [-0.3, -0.25) is 9.69 Å². The number of carbonyl (C=O) groups excluding carboxylic acids is 1. The van der Waals surface area contributed by atoms with Gasteiger partial charge < -0.3 is 19.5 Å². The zero-order chi connectivity index (χ0) is 33.9. The molecule has 1 saturated carbocycles. The van der Waals surface area contributed by atoms with Crippen LogP contribution in [0.4, 0.5) is 5.69 Å². The number of aliphatic hydroxyl groups is 1. The fourth-order valence-electron chi connectivity index (χ4n) is 8.39. The first-order valence-corrected chi connectivity index (χ1v) is 19.8. The van der Waals surface area contributed by atoms with Gasteiger partial charge in [0.25, 0.3) is 5.91 Å². The van der Waals surface area contributed by atoms with Crippen LogP contribution in [0.1, 0.15) is 80.3 Å². The van der Waals surface area contributed by atoms with Crippen LogP contribution in [0.5, 0.6) is 5.75 Å². The van der Waals surface area contributed by atoms with E-state index >= 15 is 0 Å². The Morgan fingerprint density at radius 2 is 1.81 bits per heavy atom. The largest absolute Gasteiger partial charge is 0.487 e. The van der Waals surface area contributed by atoms with E-state index in [9.17, 15) is 18.3 Å². The molecular weight excluding hydrogens is 650 g/mol. The van der Waals surface area contributed by atoms with Gasteiger partial charge in [-0.25, -0.2) is 13.1 Å². The van der Waals surface area contributed by atoms with Crippen LogP contribution >= 0.6 is 11.6 Å². The molecule has 2 fully saturated rings. The average Bonchev–Trinajstić information content (AvgIpc) is 3.09. The molecule has 48 heavy (non-hydrogen) atoms. The van der Waals surface area contributed by atoms with Crippen molar-refractivity contribution in [2.45, 2.75) is 77.1 Å². The number of nitrogens with zero attached hydrogens (tertiary/aromatic N) is 2. The Kier molecular flexibility index (Phi) is 11.3. The van der Waals surface area contributed by atoms with Crippen molar-refractivity contribution in [1.82, 2.24) is 9.62 Å². The van der Waals surface area contributed by atoms with Crippen LogP contribution < -0.4 is 14.4 Å². The first-order chi connectivity index (χ1) is 23.1. The van der Waals surface area contributed by atoms with Crippen LogP contribution in [0.2, 0.25) is 5.02 Å². The van der Waals surface area contributed by atoms with Crippen molar-refractivity contribution in [3.05, 3.63) is 58.1 Å². The number of morpholine rings is 1. The Morgan fingerprint density at radius 3 is 2.56 bits per heavy atom. The van der Waals surface area contributed by atoms with E-state index < -0.39 is 21.2 Å². The Hall–Kier alpha value is -2.37. The summed E-state index contributed by atoms with van der Waals surface area (Å²) in [7, 11) is -3.93. The number of hydrogen-bond donors (Lipinski definition) is 2. The number of carbonyl (C=O) groups is 1. The van der Waals surface area contributed by atoms with Crippen molar-refractivity contribution in [2.24, 2.45) is 23.2 Å². The van der Waals surface area contributed by atoms with Gasteiger partial charge in [0.15, 0.2) is 0 Å². The Labute approximate surface area is 291 Å². The van der Waals surface area contributed by atoms with Gasteiger partial charge in [0.05, 0.1) is 30.8 Å². The summed E-state index contributed by atoms with van der Waals surface area (Å²) in [6.45, 7) is 9.60. The number of ether oxygens (including phenoxy) is 2. The number of benzene rings is 2. The summed E-state index contributed by atoms with van der Waals surface area (Å²) in [4.78, 5) is 18.3. The van der Waals surface area contributed by atoms with Crippen LogP contribution in [0.15, 0.2) is 36.4 Å². The summed E-state index contributed by atoms with van der Waals surface area (Å²) in [5, 5.41) is 11.2. The molecule has 0 radical (unpaired) electrons. The van der Waals surface area contributed by atoms with Gasteiger partial charge in [-0.15, -0.1) is 0 Å².